The third-order valence-electron chi connectivity index (χ3n) is 2.79. The van der Waals surface area contributed by atoms with E-state index in [1.54, 1.807) is 4.68 Å². The van der Waals surface area contributed by atoms with E-state index in [4.69, 9.17) is 17.3 Å². The lowest BCUT2D eigenvalue weighted by Gasteiger charge is -2.13. The number of rotatable bonds is 7. The number of carbonyl (C=O) groups excluding carboxylic acids is 1. The lowest BCUT2D eigenvalue weighted by molar-refractivity contribution is 0.0962. The number of ketones is 1. The van der Waals surface area contributed by atoms with Crippen LogP contribution < -0.4 is 5.73 Å². The number of nitrogens with zero attached hydrogens (tertiary/aromatic N) is 3. The number of carbonyl (C=O) groups is 1. The minimum Gasteiger partial charge on any atom is -0.327 e. The van der Waals surface area contributed by atoms with Crippen LogP contribution in [-0.2, 0) is 6.54 Å². The molecule has 0 radical (unpaired) electrons. The van der Waals surface area contributed by atoms with E-state index in [2.05, 4.69) is 5.10 Å². The van der Waals surface area contributed by atoms with Gasteiger partial charge >= 0.3 is 0 Å². The van der Waals surface area contributed by atoms with Crippen molar-refractivity contribution in [2.75, 3.05) is 20.6 Å². The van der Waals surface area contributed by atoms with Crippen molar-refractivity contribution in [3.63, 3.8) is 0 Å². The van der Waals surface area contributed by atoms with E-state index in [0.29, 0.717) is 23.7 Å². The second-order valence-corrected chi connectivity index (χ2v) is 5.07. The highest BCUT2D eigenvalue weighted by atomic mass is 35.5. The summed E-state index contributed by atoms with van der Waals surface area (Å²) in [6.45, 7) is 3.41. The van der Waals surface area contributed by atoms with E-state index >= 15 is 0 Å². The van der Waals surface area contributed by atoms with Gasteiger partial charge in [-0.05, 0) is 20.5 Å². The van der Waals surface area contributed by atoms with Gasteiger partial charge in [-0.15, -0.1) is 0 Å². The second kappa shape index (κ2) is 6.87. The summed E-state index contributed by atoms with van der Waals surface area (Å²) < 4.78 is 1.66. The van der Waals surface area contributed by atoms with Crippen LogP contribution in [0.1, 0.15) is 30.3 Å². The zero-order valence-corrected chi connectivity index (χ0v) is 11.9. The molecule has 0 aliphatic carbocycles. The maximum absolute atomic E-state index is 12.1. The maximum atomic E-state index is 12.1. The molecule has 5 nitrogen and oxygen atoms in total. The third kappa shape index (κ3) is 4.08. The first-order valence-electron chi connectivity index (χ1n) is 6.10. The monoisotopic (exact) mass is 272 g/mol. The number of halogens is 1. The highest BCUT2D eigenvalue weighted by molar-refractivity contribution is 6.33. The average molecular weight is 273 g/mol. The van der Waals surface area contributed by atoms with Crippen LogP contribution in [0.3, 0.4) is 0 Å². The minimum absolute atomic E-state index is 0.0365. The van der Waals surface area contributed by atoms with Gasteiger partial charge in [0.1, 0.15) is 5.69 Å². The molecule has 0 aromatic carbocycles. The fourth-order valence-electron chi connectivity index (χ4n) is 1.58. The van der Waals surface area contributed by atoms with Crippen LogP contribution in [0.15, 0.2) is 6.20 Å². The molecule has 1 rings (SSSR count). The van der Waals surface area contributed by atoms with Crippen molar-refractivity contribution in [3.05, 3.63) is 16.9 Å². The van der Waals surface area contributed by atoms with E-state index in [-0.39, 0.29) is 11.8 Å². The molecule has 0 fully saturated rings. The van der Waals surface area contributed by atoms with E-state index < -0.39 is 0 Å². The van der Waals surface area contributed by atoms with Gasteiger partial charge in [-0.25, -0.2) is 0 Å². The maximum Gasteiger partial charge on any atom is 0.183 e. The largest absolute Gasteiger partial charge is 0.327 e. The number of Topliss-reactive ketones (excluding diaryl/α,β-unsaturated/α-hetero) is 1. The third-order valence-corrected chi connectivity index (χ3v) is 3.07. The fourth-order valence-corrected chi connectivity index (χ4v) is 1.83. The molecule has 0 saturated carbocycles. The summed E-state index contributed by atoms with van der Waals surface area (Å²) in [5, 5.41) is 4.54. The zero-order chi connectivity index (χ0) is 13.7. The number of nitrogens with two attached hydrogens (primary N) is 1. The lowest BCUT2D eigenvalue weighted by Crippen LogP contribution is -2.26. The summed E-state index contributed by atoms with van der Waals surface area (Å²) in [5.41, 5.74) is 6.27. The van der Waals surface area contributed by atoms with Gasteiger partial charge in [-0.3, -0.25) is 9.48 Å². The molecule has 1 aromatic rings. The summed E-state index contributed by atoms with van der Waals surface area (Å²) >= 11 is 6.02. The van der Waals surface area contributed by atoms with Gasteiger partial charge < -0.3 is 10.6 Å². The normalized spacial score (nSPS) is 13.0. The van der Waals surface area contributed by atoms with Gasteiger partial charge in [-0.2, -0.15) is 5.10 Å². The van der Waals surface area contributed by atoms with Crippen LogP contribution in [-0.4, -0.2) is 47.1 Å². The molecule has 0 spiro atoms. The van der Waals surface area contributed by atoms with E-state index in [1.807, 2.05) is 25.9 Å². The number of aromatic nitrogens is 2. The molecule has 18 heavy (non-hydrogen) atoms. The number of likely N-dealkylation sites (N-methyl/N-ethyl adjacent to an activating group) is 1. The summed E-state index contributed by atoms with van der Waals surface area (Å²) in [6, 6.07) is -0.120. The Bertz CT molecular complexity index is 403. The summed E-state index contributed by atoms with van der Waals surface area (Å²) in [6.07, 6.45) is 2.60. The molecule has 102 valence electrons. The van der Waals surface area contributed by atoms with Gasteiger partial charge in [-0.1, -0.05) is 18.5 Å². The van der Waals surface area contributed by atoms with Crippen molar-refractivity contribution in [1.29, 1.82) is 0 Å². The summed E-state index contributed by atoms with van der Waals surface area (Å²) in [5.74, 6) is -0.0365. The van der Waals surface area contributed by atoms with Crippen LogP contribution in [0, 0.1) is 0 Å². The van der Waals surface area contributed by atoms with E-state index in [0.717, 1.165) is 13.0 Å². The smallest absolute Gasteiger partial charge is 0.183 e. The van der Waals surface area contributed by atoms with Crippen LogP contribution in [0.5, 0.6) is 0 Å². The van der Waals surface area contributed by atoms with Crippen molar-refractivity contribution in [2.24, 2.45) is 5.73 Å². The quantitative estimate of drug-likeness (QED) is 0.763. The van der Waals surface area contributed by atoms with E-state index in [9.17, 15) is 4.79 Å². The fraction of sp³-hybridized carbons (Fsp3) is 0.667. The van der Waals surface area contributed by atoms with Gasteiger partial charge in [0, 0.05) is 19.0 Å². The molecule has 1 aromatic heterocycles. The van der Waals surface area contributed by atoms with Gasteiger partial charge in [0.2, 0.25) is 0 Å². The first-order valence-corrected chi connectivity index (χ1v) is 6.48. The Morgan fingerprint density at radius 2 is 2.28 bits per heavy atom. The van der Waals surface area contributed by atoms with Gasteiger partial charge in [0.25, 0.3) is 0 Å². The second-order valence-electron chi connectivity index (χ2n) is 4.66. The Kier molecular flexibility index (Phi) is 5.78. The molecule has 0 aliphatic heterocycles. The minimum atomic E-state index is -0.120. The molecule has 0 aliphatic rings. The van der Waals surface area contributed by atoms with Crippen molar-refractivity contribution in [1.82, 2.24) is 14.7 Å². The highest BCUT2D eigenvalue weighted by Gasteiger charge is 2.19. The Morgan fingerprint density at radius 1 is 1.61 bits per heavy atom. The molecule has 2 N–H and O–H groups in total. The Morgan fingerprint density at radius 3 is 2.83 bits per heavy atom. The Labute approximate surface area is 113 Å². The van der Waals surface area contributed by atoms with Crippen LogP contribution in [0.25, 0.3) is 0 Å². The lowest BCUT2D eigenvalue weighted by atomic mass is 10.1. The van der Waals surface area contributed by atoms with Crippen LogP contribution >= 0.6 is 11.6 Å². The van der Waals surface area contributed by atoms with Gasteiger partial charge in [0.15, 0.2) is 5.78 Å². The van der Waals surface area contributed by atoms with Crippen molar-refractivity contribution in [2.45, 2.75) is 32.4 Å². The Hall–Kier alpha value is -0.910. The molecule has 6 heteroatoms. The molecule has 0 saturated heterocycles. The molecule has 0 amide bonds. The topological polar surface area (TPSA) is 64.2 Å². The molecule has 1 heterocycles. The number of hydrogen-bond acceptors (Lipinski definition) is 4. The average Bonchev–Trinajstić information content (AvgIpc) is 2.67. The molecule has 1 unspecified atom stereocenters. The van der Waals surface area contributed by atoms with Crippen molar-refractivity contribution < 1.29 is 4.79 Å². The first-order chi connectivity index (χ1) is 8.45. The molecular formula is C12H21ClN4O. The summed E-state index contributed by atoms with van der Waals surface area (Å²) in [7, 11) is 3.94. The zero-order valence-electron chi connectivity index (χ0n) is 11.2. The van der Waals surface area contributed by atoms with Gasteiger partial charge in [0.05, 0.1) is 17.8 Å². The molecule has 1 atom stereocenters. The van der Waals surface area contributed by atoms with Crippen molar-refractivity contribution >= 4 is 17.4 Å². The van der Waals surface area contributed by atoms with E-state index in [1.165, 1.54) is 6.20 Å². The first kappa shape index (κ1) is 15.1. The summed E-state index contributed by atoms with van der Waals surface area (Å²) in [4.78, 5) is 14.2. The highest BCUT2D eigenvalue weighted by Crippen LogP contribution is 2.18. The SMILES string of the molecule is CCC(N)CC(=O)c1c(Cl)cnn1CCN(C)C. The number of hydrogen-bond donors (Lipinski definition) is 1. The predicted octanol–water partition coefficient (Wildman–Crippen LogP) is 1.41. The molecular weight excluding hydrogens is 252 g/mol. The standard InChI is InChI=1S/C12H21ClN4O/c1-4-9(14)7-11(18)12-10(13)8-15-17(12)6-5-16(2)3/h8-9H,4-7,14H2,1-3H3. The van der Waals surface area contributed by atoms with Crippen molar-refractivity contribution in [3.8, 4) is 0 Å². The van der Waals surface area contributed by atoms with Crippen LogP contribution in [0.4, 0.5) is 0 Å². The predicted molar refractivity (Wildman–Crippen MR) is 73.0 cm³/mol. The van der Waals surface area contributed by atoms with Crippen LogP contribution in [0.2, 0.25) is 5.02 Å². The molecule has 0 bridgehead atoms. The Balaban J connectivity index is 2.80.